The number of Topliss-reactive ketones (excluding diaryl/α,β-unsaturated/α-hetero) is 1. The van der Waals surface area contributed by atoms with Gasteiger partial charge in [0.05, 0.1) is 0 Å². The van der Waals surface area contributed by atoms with Crippen LogP contribution in [0.2, 0.25) is 0 Å². The summed E-state index contributed by atoms with van der Waals surface area (Å²) in [5.74, 6) is -3.27. The molecule has 0 aliphatic carbocycles. The number of alkyl halides is 1. The van der Waals surface area contributed by atoms with Crippen LogP contribution >= 0.6 is 0 Å². The molecule has 2 fully saturated rings. The van der Waals surface area contributed by atoms with E-state index in [1.807, 2.05) is 0 Å². The molecule has 80 valence electrons. The van der Waals surface area contributed by atoms with Gasteiger partial charge in [-0.2, -0.15) is 0 Å². The van der Waals surface area contributed by atoms with Crippen LogP contribution in [0.3, 0.4) is 0 Å². The van der Waals surface area contributed by atoms with Gasteiger partial charge in [0.2, 0.25) is 5.79 Å². The van der Waals surface area contributed by atoms with Crippen molar-refractivity contribution in [2.75, 3.05) is 19.6 Å². The van der Waals surface area contributed by atoms with Crippen LogP contribution in [0.15, 0.2) is 0 Å². The van der Waals surface area contributed by atoms with E-state index in [-0.39, 0.29) is 24.0 Å². The van der Waals surface area contributed by atoms with Crippen molar-refractivity contribution >= 4 is 5.78 Å². The zero-order chi connectivity index (χ0) is 10.2. The van der Waals surface area contributed by atoms with Crippen LogP contribution in [0, 0.1) is 5.92 Å². The molecular weight excluding hydrogens is 190 g/mol. The highest BCUT2D eigenvalue weighted by atomic mass is 19.2. The average molecular weight is 204 g/mol. The van der Waals surface area contributed by atoms with Crippen molar-refractivity contribution in [1.82, 2.24) is 10.4 Å². The van der Waals surface area contributed by atoms with Gasteiger partial charge in [-0.25, -0.2) is 4.39 Å². The normalized spacial score (nSPS) is 39.1. The average Bonchev–Trinajstić information content (AvgIpc) is 2.77. The highest BCUT2D eigenvalue weighted by molar-refractivity contribution is 5.89. The molecule has 0 aromatic rings. The van der Waals surface area contributed by atoms with Crippen molar-refractivity contribution in [1.29, 1.82) is 0 Å². The fourth-order valence-corrected chi connectivity index (χ4v) is 2.18. The van der Waals surface area contributed by atoms with E-state index in [0.29, 0.717) is 19.4 Å². The topological polar surface area (TPSA) is 32.3 Å². The Bertz CT molecular complexity index is 243. The number of carbonyl (C=O) groups excluding carboxylic acids is 1. The Kier molecular flexibility index (Phi) is 2.53. The number of hydrogen-bond acceptors (Lipinski definition) is 3. The van der Waals surface area contributed by atoms with Crippen molar-refractivity contribution in [3.63, 3.8) is 0 Å². The number of rotatable bonds is 2. The summed E-state index contributed by atoms with van der Waals surface area (Å²) in [4.78, 5) is 11.7. The Labute approximate surface area is 81.4 Å². The molecule has 2 rings (SSSR count). The first-order chi connectivity index (χ1) is 6.64. The van der Waals surface area contributed by atoms with Crippen LogP contribution < -0.4 is 5.32 Å². The quantitative estimate of drug-likeness (QED) is 0.533. The third kappa shape index (κ3) is 1.44. The molecule has 0 amide bonds. The van der Waals surface area contributed by atoms with Crippen molar-refractivity contribution in [3.8, 4) is 0 Å². The largest absolute Gasteiger partial charge is 0.316 e. The molecule has 1 unspecified atom stereocenters. The summed E-state index contributed by atoms with van der Waals surface area (Å²) in [6.07, 6.45) is 1.04. The maximum Gasteiger partial charge on any atom is 0.248 e. The predicted octanol–water partition coefficient (Wildman–Crippen LogP) is 0.811. The van der Waals surface area contributed by atoms with E-state index in [4.69, 9.17) is 0 Å². The zero-order valence-corrected chi connectivity index (χ0v) is 7.93. The van der Waals surface area contributed by atoms with E-state index < -0.39 is 11.6 Å². The molecule has 2 heterocycles. The summed E-state index contributed by atoms with van der Waals surface area (Å²) in [5, 5.41) is 3.04. The molecule has 3 nitrogen and oxygen atoms in total. The number of halogens is 2. The lowest BCUT2D eigenvalue weighted by atomic mass is 9.94. The van der Waals surface area contributed by atoms with Crippen LogP contribution in [0.4, 0.5) is 8.87 Å². The van der Waals surface area contributed by atoms with Gasteiger partial charge in [-0.05, 0) is 19.4 Å². The highest BCUT2D eigenvalue weighted by Gasteiger charge is 2.51. The van der Waals surface area contributed by atoms with Crippen molar-refractivity contribution in [3.05, 3.63) is 0 Å². The second-order valence-electron chi connectivity index (χ2n) is 4.00. The standard InChI is InChI=1S/C9H14F2N2O/c10-9(3-1-5-13(9)11)8(14)7-2-4-12-6-7/h7,12H,1-6H2/t7?,9-/m0/s1. The lowest BCUT2D eigenvalue weighted by molar-refractivity contribution is -0.168. The van der Waals surface area contributed by atoms with E-state index in [1.165, 1.54) is 0 Å². The Morgan fingerprint density at radius 1 is 1.57 bits per heavy atom. The number of nitrogens with zero attached hydrogens (tertiary/aromatic N) is 1. The van der Waals surface area contributed by atoms with Gasteiger partial charge in [0.15, 0.2) is 5.78 Å². The van der Waals surface area contributed by atoms with Gasteiger partial charge in [-0.15, -0.1) is 9.60 Å². The first-order valence-corrected chi connectivity index (χ1v) is 5.02. The molecule has 2 aliphatic rings. The number of hydrogen-bond donors (Lipinski definition) is 1. The minimum atomic E-state index is -2.34. The monoisotopic (exact) mass is 204 g/mol. The fourth-order valence-electron chi connectivity index (χ4n) is 2.18. The molecule has 2 atom stereocenters. The smallest absolute Gasteiger partial charge is 0.248 e. The van der Waals surface area contributed by atoms with Gasteiger partial charge >= 0.3 is 0 Å². The Morgan fingerprint density at radius 3 is 2.86 bits per heavy atom. The van der Waals surface area contributed by atoms with E-state index in [2.05, 4.69) is 5.32 Å². The lowest BCUT2D eigenvalue weighted by Gasteiger charge is -2.24. The second kappa shape index (κ2) is 3.55. The third-order valence-electron chi connectivity index (χ3n) is 3.06. The van der Waals surface area contributed by atoms with Gasteiger partial charge in [-0.1, -0.05) is 0 Å². The molecule has 0 spiro atoms. The molecular formula is C9H14F2N2O. The Hall–Kier alpha value is -0.550. The molecule has 0 saturated carbocycles. The zero-order valence-electron chi connectivity index (χ0n) is 7.93. The summed E-state index contributed by atoms with van der Waals surface area (Å²) in [7, 11) is 0. The fraction of sp³-hybridized carbons (Fsp3) is 0.889. The summed E-state index contributed by atoms with van der Waals surface area (Å²) < 4.78 is 27.0. The third-order valence-corrected chi connectivity index (χ3v) is 3.06. The van der Waals surface area contributed by atoms with E-state index >= 15 is 0 Å². The van der Waals surface area contributed by atoms with E-state index in [0.717, 1.165) is 6.54 Å². The van der Waals surface area contributed by atoms with Gasteiger partial charge < -0.3 is 5.32 Å². The van der Waals surface area contributed by atoms with Gasteiger partial charge in [0.1, 0.15) is 0 Å². The van der Waals surface area contributed by atoms with Gasteiger partial charge in [0.25, 0.3) is 0 Å². The molecule has 0 aromatic heterocycles. The molecule has 14 heavy (non-hydrogen) atoms. The maximum absolute atomic E-state index is 13.9. The summed E-state index contributed by atoms with van der Waals surface area (Å²) in [5.41, 5.74) is 0. The van der Waals surface area contributed by atoms with Crippen molar-refractivity contribution in [2.45, 2.75) is 25.1 Å². The summed E-state index contributed by atoms with van der Waals surface area (Å²) in [6, 6.07) is 0. The predicted molar refractivity (Wildman–Crippen MR) is 46.9 cm³/mol. The SMILES string of the molecule is O=C(C1CCNC1)[C@]1(F)CCCN1F. The van der Waals surface area contributed by atoms with E-state index in [9.17, 15) is 13.7 Å². The molecule has 0 aromatic carbocycles. The van der Waals surface area contributed by atoms with Crippen molar-refractivity contribution < 1.29 is 13.7 Å². The van der Waals surface area contributed by atoms with Crippen LogP contribution in [0.1, 0.15) is 19.3 Å². The maximum atomic E-state index is 13.9. The highest BCUT2D eigenvalue weighted by Crippen LogP contribution is 2.35. The van der Waals surface area contributed by atoms with Crippen LogP contribution in [-0.2, 0) is 4.79 Å². The molecule has 2 saturated heterocycles. The minimum Gasteiger partial charge on any atom is -0.316 e. The lowest BCUT2D eigenvalue weighted by Crippen LogP contribution is -2.46. The molecule has 0 bridgehead atoms. The minimum absolute atomic E-state index is 0.00116. The molecule has 5 heteroatoms. The number of ketones is 1. The van der Waals surface area contributed by atoms with Gasteiger partial charge in [0, 0.05) is 25.4 Å². The van der Waals surface area contributed by atoms with Crippen LogP contribution in [-0.4, -0.2) is 36.3 Å². The van der Waals surface area contributed by atoms with Gasteiger partial charge in [-0.3, -0.25) is 4.79 Å². The molecule has 0 radical (unpaired) electrons. The first kappa shape index (κ1) is 9.98. The molecule has 2 aliphatic heterocycles. The van der Waals surface area contributed by atoms with Crippen LogP contribution in [0.25, 0.3) is 0 Å². The molecule has 1 N–H and O–H groups in total. The van der Waals surface area contributed by atoms with E-state index in [1.54, 1.807) is 0 Å². The summed E-state index contributed by atoms with van der Waals surface area (Å²) in [6.45, 7) is 1.24. The number of nitrogens with one attached hydrogen (secondary N) is 1. The van der Waals surface area contributed by atoms with Crippen LogP contribution in [0.5, 0.6) is 0 Å². The van der Waals surface area contributed by atoms with Crippen molar-refractivity contribution in [2.24, 2.45) is 5.92 Å². The Balaban J connectivity index is 2.08. The Morgan fingerprint density at radius 2 is 2.36 bits per heavy atom. The summed E-state index contributed by atoms with van der Waals surface area (Å²) >= 11 is 0. The second-order valence-corrected chi connectivity index (χ2v) is 4.00. The number of carbonyl (C=O) groups is 1. The first-order valence-electron chi connectivity index (χ1n) is 5.02.